The van der Waals surface area contributed by atoms with Crippen LogP contribution in [-0.4, -0.2) is 40.4 Å². The fourth-order valence-corrected chi connectivity index (χ4v) is 1.84. The summed E-state index contributed by atoms with van der Waals surface area (Å²) in [5.74, 6) is -2.63. The molecule has 21 heavy (non-hydrogen) atoms. The number of alkyl halides is 1. The molecule has 0 bridgehead atoms. The number of esters is 1. The summed E-state index contributed by atoms with van der Waals surface area (Å²) in [7, 11) is 0. The lowest BCUT2D eigenvalue weighted by atomic mass is 9.97. The van der Waals surface area contributed by atoms with Crippen molar-refractivity contribution in [1.82, 2.24) is 0 Å². The average Bonchev–Trinajstić information content (AvgIpc) is 2.46. The molecule has 0 aliphatic rings. The minimum Gasteiger partial charge on any atom is -0.479 e. The van der Waals surface area contributed by atoms with Gasteiger partial charge in [0.05, 0.1) is 18.1 Å². The maximum absolute atomic E-state index is 11.9. The Balaban J connectivity index is 3.22. The second kappa shape index (κ2) is 7.75. The number of ketones is 1. The number of carboxylic acid groups (broad SMARTS) is 1. The number of carbonyl (C=O) groups is 3. The summed E-state index contributed by atoms with van der Waals surface area (Å²) >= 11 is 5.42. The first-order valence-corrected chi connectivity index (χ1v) is 6.72. The second-order valence-corrected chi connectivity index (χ2v) is 4.50. The SMILES string of the molecule is CCOC(=O)c1cc(CC(=O)CCl)ccc1C(O)C(=O)O. The number of hydrogen-bond donors (Lipinski definition) is 2. The number of aliphatic hydroxyl groups is 1. The fourth-order valence-electron chi connectivity index (χ4n) is 1.75. The Kier molecular flexibility index (Phi) is 6.33. The van der Waals surface area contributed by atoms with Gasteiger partial charge in [0.1, 0.15) is 0 Å². The summed E-state index contributed by atoms with van der Waals surface area (Å²) in [5, 5.41) is 18.5. The molecule has 0 amide bonds. The topological polar surface area (TPSA) is 101 Å². The average molecular weight is 315 g/mol. The van der Waals surface area contributed by atoms with Crippen LogP contribution in [0.4, 0.5) is 0 Å². The van der Waals surface area contributed by atoms with Gasteiger partial charge in [0.15, 0.2) is 11.9 Å². The molecule has 1 unspecified atom stereocenters. The normalized spacial score (nSPS) is 11.8. The molecule has 0 saturated heterocycles. The van der Waals surface area contributed by atoms with E-state index >= 15 is 0 Å². The third kappa shape index (κ3) is 4.54. The quantitative estimate of drug-likeness (QED) is 0.581. The Labute approximate surface area is 126 Å². The van der Waals surface area contributed by atoms with Crippen molar-refractivity contribution in [3.63, 3.8) is 0 Å². The largest absolute Gasteiger partial charge is 0.479 e. The molecule has 7 heteroatoms. The molecular weight excluding hydrogens is 300 g/mol. The first kappa shape index (κ1) is 17.1. The highest BCUT2D eigenvalue weighted by Gasteiger charge is 2.24. The Morgan fingerprint density at radius 3 is 2.52 bits per heavy atom. The van der Waals surface area contributed by atoms with Gasteiger partial charge in [-0.15, -0.1) is 11.6 Å². The van der Waals surface area contributed by atoms with Gasteiger partial charge < -0.3 is 14.9 Å². The minimum atomic E-state index is -1.85. The third-order valence-electron chi connectivity index (χ3n) is 2.69. The van der Waals surface area contributed by atoms with Crippen molar-refractivity contribution in [2.45, 2.75) is 19.4 Å². The third-order valence-corrected chi connectivity index (χ3v) is 2.99. The van der Waals surface area contributed by atoms with E-state index in [1.807, 2.05) is 0 Å². The Bertz CT molecular complexity index is 554. The molecule has 0 saturated carbocycles. The van der Waals surface area contributed by atoms with Crippen LogP contribution in [0.3, 0.4) is 0 Å². The molecule has 0 aliphatic carbocycles. The number of benzene rings is 1. The number of aliphatic carboxylic acids is 1. The Morgan fingerprint density at radius 1 is 1.33 bits per heavy atom. The minimum absolute atomic E-state index is 0.0132. The number of carbonyl (C=O) groups excluding carboxylic acids is 2. The van der Waals surface area contributed by atoms with E-state index < -0.39 is 18.0 Å². The zero-order valence-electron chi connectivity index (χ0n) is 11.3. The van der Waals surface area contributed by atoms with Gasteiger partial charge in [0, 0.05) is 12.0 Å². The van der Waals surface area contributed by atoms with Crippen molar-refractivity contribution in [3.05, 3.63) is 34.9 Å². The molecular formula is C14H15ClO6. The molecule has 0 aliphatic heterocycles. The van der Waals surface area contributed by atoms with E-state index in [4.69, 9.17) is 21.4 Å². The van der Waals surface area contributed by atoms with E-state index in [1.165, 1.54) is 18.2 Å². The first-order valence-electron chi connectivity index (χ1n) is 6.19. The van der Waals surface area contributed by atoms with Crippen molar-refractivity contribution >= 4 is 29.3 Å². The Morgan fingerprint density at radius 2 is 2.00 bits per heavy atom. The Hall–Kier alpha value is -1.92. The predicted octanol–water partition coefficient (Wildman–Crippen LogP) is 1.33. The highest BCUT2D eigenvalue weighted by Crippen LogP contribution is 2.21. The van der Waals surface area contributed by atoms with Gasteiger partial charge in [-0.3, -0.25) is 4.79 Å². The van der Waals surface area contributed by atoms with Crippen LogP contribution in [0.15, 0.2) is 18.2 Å². The highest BCUT2D eigenvalue weighted by molar-refractivity contribution is 6.27. The van der Waals surface area contributed by atoms with E-state index in [0.717, 1.165) is 0 Å². The molecule has 1 aromatic carbocycles. The maximum atomic E-state index is 11.9. The molecule has 1 aromatic rings. The van der Waals surface area contributed by atoms with Crippen LogP contribution in [0.1, 0.15) is 34.5 Å². The van der Waals surface area contributed by atoms with Gasteiger partial charge in [-0.1, -0.05) is 12.1 Å². The fraction of sp³-hybridized carbons (Fsp3) is 0.357. The van der Waals surface area contributed by atoms with Crippen molar-refractivity contribution in [1.29, 1.82) is 0 Å². The van der Waals surface area contributed by atoms with Crippen molar-refractivity contribution < 1.29 is 29.3 Å². The molecule has 0 fully saturated rings. The summed E-state index contributed by atoms with van der Waals surface area (Å²) in [6.07, 6.45) is -1.83. The number of ether oxygens (including phenoxy) is 1. The predicted molar refractivity (Wildman–Crippen MR) is 74.4 cm³/mol. The van der Waals surface area contributed by atoms with Crippen LogP contribution in [0.25, 0.3) is 0 Å². The number of rotatable bonds is 7. The lowest BCUT2D eigenvalue weighted by Crippen LogP contribution is -2.17. The highest BCUT2D eigenvalue weighted by atomic mass is 35.5. The van der Waals surface area contributed by atoms with Crippen LogP contribution in [0, 0.1) is 0 Å². The van der Waals surface area contributed by atoms with E-state index in [1.54, 1.807) is 6.92 Å². The zero-order valence-corrected chi connectivity index (χ0v) is 12.1. The molecule has 114 valence electrons. The second-order valence-electron chi connectivity index (χ2n) is 4.23. The molecule has 6 nitrogen and oxygen atoms in total. The van der Waals surface area contributed by atoms with Crippen molar-refractivity contribution in [2.24, 2.45) is 0 Å². The van der Waals surface area contributed by atoms with Crippen LogP contribution < -0.4 is 0 Å². The maximum Gasteiger partial charge on any atom is 0.338 e. The molecule has 2 N–H and O–H groups in total. The number of halogens is 1. The van der Waals surface area contributed by atoms with E-state index in [0.29, 0.717) is 5.56 Å². The molecule has 0 spiro atoms. The summed E-state index contributed by atoms with van der Waals surface area (Å²) in [6, 6.07) is 4.10. The van der Waals surface area contributed by atoms with E-state index in [-0.39, 0.29) is 35.8 Å². The number of aliphatic hydroxyl groups excluding tert-OH is 1. The number of hydrogen-bond acceptors (Lipinski definition) is 5. The van der Waals surface area contributed by atoms with Gasteiger partial charge >= 0.3 is 11.9 Å². The van der Waals surface area contributed by atoms with Gasteiger partial charge in [-0.05, 0) is 18.6 Å². The van der Waals surface area contributed by atoms with E-state index in [2.05, 4.69) is 0 Å². The summed E-state index contributed by atoms with van der Waals surface area (Å²) in [5.41, 5.74) is 0.333. The molecule has 0 aromatic heterocycles. The number of carboxylic acids is 1. The first-order chi connectivity index (χ1) is 9.90. The van der Waals surface area contributed by atoms with Crippen LogP contribution in [0.5, 0.6) is 0 Å². The van der Waals surface area contributed by atoms with Crippen molar-refractivity contribution in [3.8, 4) is 0 Å². The van der Waals surface area contributed by atoms with Gasteiger partial charge in [0.2, 0.25) is 0 Å². The monoisotopic (exact) mass is 314 g/mol. The van der Waals surface area contributed by atoms with E-state index in [9.17, 15) is 19.5 Å². The summed E-state index contributed by atoms with van der Waals surface area (Å²) in [4.78, 5) is 34.1. The molecule has 0 radical (unpaired) electrons. The van der Waals surface area contributed by atoms with Crippen LogP contribution in [0.2, 0.25) is 0 Å². The van der Waals surface area contributed by atoms with Crippen LogP contribution in [-0.2, 0) is 20.7 Å². The number of Topliss-reactive ketones (excluding diaryl/α,β-unsaturated/α-hetero) is 1. The molecule has 1 atom stereocenters. The molecule has 1 rings (SSSR count). The van der Waals surface area contributed by atoms with Gasteiger partial charge in [-0.2, -0.15) is 0 Å². The smallest absolute Gasteiger partial charge is 0.338 e. The lowest BCUT2D eigenvalue weighted by Gasteiger charge is -2.13. The lowest BCUT2D eigenvalue weighted by molar-refractivity contribution is -0.147. The van der Waals surface area contributed by atoms with Crippen LogP contribution >= 0.6 is 11.6 Å². The summed E-state index contributed by atoms with van der Waals surface area (Å²) in [6.45, 7) is 1.71. The van der Waals surface area contributed by atoms with Gasteiger partial charge in [0.25, 0.3) is 0 Å². The van der Waals surface area contributed by atoms with Gasteiger partial charge in [-0.25, -0.2) is 9.59 Å². The molecule has 0 heterocycles. The standard InChI is InChI=1S/C14H15ClO6/c1-2-21-14(20)11-6-8(5-9(16)7-15)3-4-10(11)12(17)13(18)19/h3-4,6,12,17H,2,5,7H2,1H3,(H,18,19). The zero-order chi connectivity index (χ0) is 16.0. The summed E-state index contributed by atoms with van der Waals surface area (Å²) < 4.78 is 4.83. The van der Waals surface area contributed by atoms with Crippen molar-refractivity contribution in [2.75, 3.05) is 12.5 Å².